The molecule has 8 nitrogen and oxygen atoms in total. The Kier molecular flexibility index (Phi) is 6.25. The van der Waals surface area contributed by atoms with Gasteiger partial charge in [-0.25, -0.2) is 4.79 Å². The monoisotopic (exact) mass is 379 g/mol. The standard InChI is InChI=1S/C17H21N3O5S/c1-17(2,3)19-16(24)18-13(21)9-25-15(23)8-20-11-6-4-5-7-12(11)26-10-14(20)22/h4-7H,8-10H2,1-3H3,(H2,18,19,21,24). The van der Waals surface area contributed by atoms with E-state index >= 15 is 0 Å². The van der Waals surface area contributed by atoms with E-state index in [2.05, 4.69) is 10.6 Å². The van der Waals surface area contributed by atoms with Crippen molar-refractivity contribution in [3.05, 3.63) is 24.3 Å². The zero-order chi connectivity index (χ0) is 19.3. The number of rotatable bonds is 4. The SMILES string of the molecule is CC(C)(C)NC(=O)NC(=O)COC(=O)CN1C(=O)CSc2ccccc21. The number of anilines is 1. The maximum absolute atomic E-state index is 12.1. The predicted octanol–water partition coefficient (Wildman–Crippen LogP) is 1.29. The second-order valence-electron chi connectivity index (χ2n) is 6.65. The first kappa shape index (κ1) is 19.8. The van der Waals surface area contributed by atoms with Crippen molar-refractivity contribution < 1.29 is 23.9 Å². The molecule has 9 heteroatoms. The van der Waals surface area contributed by atoms with Crippen molar-refractivity contribution in [3.63, 3.8) is 0 Å². The quantitative estimate of drug-likeness (QED) is 0.764. The van der Waals surface area contributed by atoms with Gasteiger partial charge in [0.15, 0.2) is 6.61 Å². The highest BCUT2D eigenvalue weighted by Gasteiger charge is 2.27. The highest BCUT2D eigenvalue weighted by molar-refractivity contribution is 8.00. The molecule has 0 saturated heterocycles. The fraction of sp³-hybridized carbons (Fsp3) is 0.412. The Morgan fingerprint density at radius 2 is 1.92 bits per heavy atom. The minimum absolute atomic E-state index is 0.209. The van der Waals surface area contributed by atoms with Gasteiger partial charge in [-0.3, -0.25) is 24.6 Å². The largest absolute Gasteiger partial charge is 0.454 e. The third kappa shape index (κ3) is 5.76. The number of benzene rings is 1. The molecule has 0 unspecified atom stereocenters. The van der Waals surface area contributed by atoms with Crippen LogP contribution in [-0.2, 0) is 19.1 Å². The number of nitrogens with zero attached hydrogens (tertiary/aromatic N) is 1. The third-order valence-corrected chi connectivity index (χ3v) is 4.25. The number of hydrogen-bond acceptors (Lipinski definition) is 6. The Bertz CT molecular complexity index is 729. The normalized spacial score (nSPS) is 13.7. The summed E-state index contributed by atoms with van der Waals surface area (Å²) in [6, 6.07) is 6.57. The number of hydrogen-bond donors (Lipinski definition) is 2. The molecule has 0 radical (unpaired) electrons. The van der Waals surface area contributed by atoms with E-state index in [1.54, 1.807) is 32.9 Å². The lowest BCUT2D eigenvalue weighted by molar-refractivity contribution is -0.147. The number of esters is 1. The second kappa shape index (κ2) is 8.22. The van der Waals surface area contributed by atoms with Gasteiger partial charge >= 0.3 is 12.0 Å². The summed E-state index contributed by atoms with van der Waals surface area (Å²) in [6.07, 6.45) is 0. The molecule has 140 valence electrons. The molecular formula is C17H21N3O5S. The Morgan fingerprint density at radius 3 is 2.62 bits per heavy atom. The summed E-state index contributed by atoms with van der Waals surface area (Å²) < 4.78 is 4.87. The molecule has 4 amide bonds. The van der Waals surface area contributed by atoms with Gasteiger partial charge in [-0.05, 0) is 32.9 Å². The number of nitrogens with one attached hydrogen (secondary N) is 2. The lowest BCUT2D eigenvalue weighted by Crippen LogP contribution is -2.49. The molecule has 0 fully saturated rings. The van der Waals surface area contributed by atoms with Crippen LogP contribution in [0.4, 0.5) is 10.5 Å². The molecule has 0 atom stereocenters. The van der Waals surface area contributed by atoms with E-state index in [0.717, 1.165) is 4.90 Å². The highest BCUT2D eigenvalue weighted by atomic mass is 32.2. The van der Waals surface area contributed by atoms with Crippen molar-refractivity contribution in [1.82, 2.24) is 10.6 Å². The summed E-state index contributed by atoms with van der Waals surface area (Å²) >= 11 is 1.41. The van der Waals surface area contributed by atoms with Crippen LogP contribution in [0, 0.1) is 0 Å². The molecule has 0 saturated carbocycles. The highest BCUT2D eigenvalue weighted by Crippen LogP contribution is 2.34. The lowest BCUT2D eigenvalue weighted by Gasteiger charge is -2.27. The molecule has 0 aliphatic carbocycles. The van der Waals surface area contributed by atoms with Crippen LogP contribution in [0.25, 0.3) is 0 Å². The molecule has 26 heavy (non-hydrogen) atoms. The summed E-state index contributed by atoms with van der Waals surface area (Å²) in [4.78, 5) is 49.5. The van der Waals surface area contributed by atoms with E-state index in [1.807, 2.05) is 12.1 Å². The molecular weight excluding hydrogens is 358 g/mol. The van der Waals surface area contributed by atoms with Gasteiger partial charge in [0.2, 0.25) is 5.91 Å². The van der Waals surface area contributed by atoms with Crippen LogP contribution in [0.5, 0.6) is 0 Å². The lowest BCUT2D eigenvalue weighted by atomic mass is 10.1. The second-order valence-corrected chi connectivity index (χ2v) is 7.67. The van der Waals surface area contributed by atoms with E-state index in [1.165, 1.54) is 16.7 Å². The smallest absolute Gasteiger partial charge is 0.326 e. The number of para-hydroxylation sites is 1. The number of imide groups is 1. The van der Waals surface area contributed by atoms with Crippen LogP contribution >= 0.6 is 11.8 Å². The third-order valence-electron chi connectivity index (χ3n) is 3.20. The number of carbonyl (C=O) groups excluding carboxylic acids is 4. The zero-order valence-electron chi connectivity index (χ0n) is 14.8. The van der Waals surface area contributed by atoms with Crippen LogP contribution in [0.15, 0.2) is 29.2 Å². The molecule has 0 aromatic heterocycles. The van der Waals surface area contributed by atoms with Crippen molar-refractivity contribution in [2.24, 2.45) is 0 Å². The summed E-state index contributed by atoms with van der Waals surface area (Å²) in [5.41, 5.74) is 0.140. The van der Waals surface area contributed by atoms with E-state index in [0.29, 0.717) is 5.69 Å². The fourth-order valence-electron chi connectivity index (χ4n) is 2.18. The minimum atomic E-state index is -0.749. The molecule has 0 bridgehead atoms. The molecule has 2 rings (SSSR count). The average Bonchev–Trinajstić information content (AvgIpc) is 2.54. The molecule has 1 aromatic carbocycles. The molecule has 0 spiro atoms. The number of thioether (sulfide) groups is 1. The Balaban J connectivity index is 1.85. The van der Waals surface area contributed by atoms with Crippen molar-refractivity contribution in [2.45, 2.75) is 31.2 Å². The van der Waals surface area contributed by atoms with Gasteiger partial charge < -0.3 is 10.1 Å². The van der Waals surface area contributed by atoms with Crippen molar-refractivity contribution in [3.8, 4) is 0 Å². The minimum Gasteiger partial charge on any atom is -0.454 e. The van der Waals surface area contributed by atoms with E-state index in [9.17, 15) is 19.2 Å². The van der Waals surface area contributed by atoms with Gasteiger partial charge in [0.05, 0.1) is 11.4 Å². The molecule has 2 N–H and O–H groups in total. The van der Waals surface area contributed by atoms with E-state index < -0.39 is 30.1 Å². The maximum atomic E-state index is 12.1. The first-order valence-corrected chi connectivity index (χ1v) is 8.94. The summed E-state index contributed by atoms with van der Waals surface area (Å²) in [6.45, 7) is 4.40. The summed E-state index contributed by atoms with van der Waals surface area (Å²) in [5.74, 6) is -1.45. The van der Waals surface area contributed by atoms with Gasteiger partial charge in [-0.15, -0.1) is 11.8 Å². The molecule has 1 aromatic rings. The number of ether oxygens (including phenoxy) is 1. The van der Waals surface area contributed by atoms with E-state index in [-0.39, 0.29) is 18.2 Å². The Labute approximate surface area is 155 Å². The predicted molar refractivity (Wildman–Crippen MR) is 96.9 cm³/mol. The molecule has 1 heterocycles. The zero-order valence-corrected chi connectivity index (χ0v) is 15.6. The summed E-state index contributed by atoms with van der Waals surface area (Å²) in [7, 11) is 0. The van der Waals surface area contributed by atoms with Crippen molar-refractivity contribution in [2.75, 3.05) is 23.8 Å². The van der Waals surface area contributed by atoms with E-state index in [4.69, 9.17) is 4.74 Å². The van der Waals surface area contributed by atoms with Crippen LogP contribution in [-0.4, -0.2) is 48.3 Å². The number of carbonyl (C=O) groups is 4. The first-order valence-electron chi connectivity index (χ1n) is 7.95. The van der Waals surface area contributed by atoms with Crippen LogP contribution in [0.3, 0.4) is 0 Å². The first-order chi connectivity index (χ1) is 12.2. The maximum Gasteiger partial charge on any atom is 0.326 e. The molecule has 1 aliphatic heterocycles. The van der Waals surface area contributed by atoms with Crippen LogP contribution in [0.1, 0.15) is 20.8 Å². The van der Waals surface area contributed by atoms with Crippen LogP contribution in [0.2, 0.25) is 0 Å². The average molecular weight is 379 g/mol. The topological polar surface area (TPSA) is 105 Å². The van der Waals surface area contributed by atoms with Gasteiger partial charge in [-0.1, -0.05) is 12.1 Å². The van der Waals surface area contributed by atoms with Crippen LogP contribution < -0.4 is 15.5 Å². The van der Waals surface area contributed by atoms with Crippen molar-refractivity contribution >= 4 is 41.3 Å². The Hall–Kier alpha value is -2.55. The van der Waals surface area contributed by atoms with Gasteiger partial charge in [0.25, 0.3) is 5.91 Å². The van der Waals surface area contributed by atoms with Gasteiger partial charge in [0.1, 0.15) is 6.54 Å². The summed E-state index contributed by atoms with van der Waals surface area (Å²) in [5, 5.41) is 4.62. The van der Waals surface area contributed by atoms with Gasteiger partial charge in [0, 0.05) is 10.4 Å². The number of urea groups is 1. The van der Waals surface area contributed by atoms with Crippen molar-refractivity contribution in [1.29, 1.82) is 0 Å². The number of fused-ring (bicyclic) bond motifs is 1. The number of amides is 4. The fourth-order valence-corrected chi connectivity index (χ4v) is 3.12. The van der Waals surface area contributed by atoms with Gasteiger partial charge in [-0.2, -0.15) is 0 Å². The molecule has 1 aliphatic rings. The Morgan fingerprint density at radius 1 is 1.23 bits per heavy atom.